The molecule has 0 saturated heterocycles. The fourth-order valence-electron chi connectivity index (χ4n) is 3.63. The van der Waals surface area contributed by atoms with Gasteiger partial charge in [-0.25, -0.2) is 0 Å². The summed E-state index contributed by atoms with van der Waals surface area (Å²) in [6, 6.07) is 27.7. The molecule has 0 saturated carbocycles. The smallest absolute Gasteiger partial charge is 0.0625 e. The molecule has 3 aromatic rings. The SMILES string of the molecule is CCN(c1ccccc1)c1ccc(/C=N/N2CCCc3ccccc32)cc1. The van der Waals surface area contributed by atoms with E-state index in [4.69, 9.17) is 5.10 Å². The highest BCUT2D eigenvalue weighted by Gasteiger charge is 2.14. The standard InChI is InChI=1S/C24H25N3/c1-2-26(22-11-4-3-5-12-22)23-16-14-20(15-17-23)19-25-27-18-8-10-21-9-6-7-13-24(21)27/h3-7,9,11-17,19H,2,8,10,18H2,1H3/b25-19+. The molecule has 3 nitrogen and oxygen atoms in total. The minimum atomic E-state index is 0.933. The average Bonchev–Trinajstić information content (AvgIpc) is 2.74. The maximum absolute atomic E-state index is 4.74. The zero-order valence-electron chi connectivity index (χ0n) is 15.8. The summed E-state index contributed by atoms with van der Waals surface area (Å²) < 4.78 is 0. The predicted molar refractivity (Wildman–Crippen MR) is 115 cm³/mol. The normalized spacial score (nSPS) is 13.6. The van der Waals surface area contributed by atoms with Crippen molar-refractivity contribution in [3.63, 3.8) is 0 Å². The topological polar surface area (TPSA) is 18.8 Å². The summed E-state index contributed by atoms with van der Waals surface area (Å²) in [7, 11) is 0. The van der Waals surface area contributed by atoms with Gasteiger partial charge in [-0.15, -0.1) is 0 Å². The van der Waals surface area contributed by atoms with Gasteiger partial charge >= 0.3 is 0 Å². The maximum Gasteiger partial charge on any atom is 0.0625 e. The second-order valence-electron chi connectivity index (χ2n) is 6.77. The third-order valence-electron chi connectivity index (χ3n) is 5.02. The van der Waals surface area contributed by atoms with Crippen LogP contribution in [0.3, 0.4) is 0 Å². The predicted octanol–water partition coefficient (Wildman–Crippen LogP) is 5.63. The molecule has 1 aliphatic rings. The molecular formula is C24H25N3. The summed E-state index contributed by atoms with van der Waals surface area (Å²) >= 11 is 0. The van der Waals surface area contributed by atoms with Crippen LogP contribution >= 0.6 is 0 Å². The van der Waals surface area contributed by atoms with Crippen molar-refractivity contribution in [1.29, 1.82) is 0 Å². The van der Waals surface area contributed by atoms with E-state index in [9.17, 15) is 0 Å². The van der Waals surface area contributed by atoms with Crippen LogP contribution in [0.5, 0.6) is 0 Å². The fraction of sp³-hybridized carbons (Fsp3) is 0.208. The Kier molecular flexibility index (Phi) is 5.20. The molecule has 136 valence electrons. The second-order valence-corrected chi connectivity index (χ2v) is 6.77. The highest BCUT2D eigenvalue weighted by atomic mass is 15.5. The number of fused-ring (bicyclic) bond motifs is 1. The number of hydrogen-bond acceptors (Lipinski definition) is 3. The van der Waals surface area contributed by atoms with Crippen LogP contribution < -0.4 is 9.91 Å². The van der Waals surface area contributed by atoms with Crippen molar-refractivity contribution in [2.45, 2.75) is 19.8 Å². The Morgan fingerprint density at radius 2 is 1.59 bits per heavy atom. The molecule has 0 aromatic heterocycles. The molecule has 0 N–H and O–H groups in total. The van der Waals surface area contributed by atoms with Crippen molar-refractivity contribution < 1.29 is 0 Å². The minimum Gasteiger partial charge on any atom is -0.342 e. The molecule has 0 radical (unpaired) electrons. The zero-order chi connectivity index (χ0) is 18.5. The van der Waals surface area contributed by atoms with Crippen LogP contribution in [-0.4, -0.2) is 19.3 Å². The number of benzene rings is 3. The molecule has 0 aliphatic carbocycles. The highest BCUT2D eigenvalue weighted by molar-refractivity contribution is 5.81. The molecule has 3 aromatic carbocycles. The van der Waals surface area contributed by atoms with Crippen LogP contribution in [0.15, 0.2) is 84.0 Å². The van der Waals surface area contributed by atoms with Gasteiger partial charge in [0.2, 0.25) is 0 Å². The first-order valence-electron chi connectivity index (χ1n) is 9.67. The highest BCUT2D eigenvalue weighted by Crippen LogP contribution is 2.27. The summed E-state index contributed by atoms with van der Waals surface area (Å²) in [5.41, 5.74) is 6.15. The van der Waals surface area contributed by atoms with Gasteiger partial charge in [0.05, 0.1) is 11.9 Å². The van der Waals surface area contributed by atoms with Gasteiger partial charge < -0.3 is 4.90 Å². The summed E-state index contributed by atoms with van der Waals surface area (Å²) in [6.07, 6.45) is 4.25. The monoisotopic (exact) mass is 355 g/mol. The number of para-hydroxylation sites is 2. The molecule has 0 amide bonds. The first kappa shape index (κ1) is 17.3. The first-order chi connectivity index (χ1) is 13.3. The third kappa shape index (κ3) is 3.87. The molecule has 1 heterocycles. The Hall–Kier alpha value is -3.07. The molecular weight excluding hydrogens is 330 g/mol. The van der Waals surface area contributed by atoms with E-state index in [1.54, 1.807) is 0 Å². The van der Waals surface area contributed by atoms with Crippen molar-refractivity contribution in [3.05, 3.63) is 90.0 Å². The third-order valence-corrected chi connectivity index (χ3v) is 5.02. The van der Waals surface area contributed by atoms with Crippen molar-refractivity contribution in [2.24, 2.45) is 5.10 Å². The maximum atomic E-state index is 4.74. The van der Waals surface area contributed by atoms with E-state index in [1.165, 1.54) is 22.6 Å². The Morgan fingerprint density at radius 1 is 0.889 bits per heavy atom. The Morgan fingerprint density at radius 3 is 2.37 bits per heavy atom. The van der Waals surface area contributed by atoms with E-state index in [0.29, 0.717) is 0 Å². The van der Waals surface area contributed by atoms with Crippen LogP contribution in [-0.2, 0) is 6.42 Å². The molecule has 27 heavy (non-hydrogen) atoms. The van der Waals surface area contributed by atoms with Gasteiger partial charge in [0.25, 0.3) is 0 Å². The van der Waals surface area contributed by atoms with Gasteiger partial charge in [-0.3, -0.25) is 5.01 Å². The number of anilines is 3. The lowest BCUT2D eigenvalue weighted by Crippen LogP contribution is -2.24. The van der Waals surface area contributed by atoms with E-state index in [1.807, 2.05) is 6.21 Å². The van der Waals surface area contributed by atoms with E-state index in [0.717, 1.165) is 31.5 Å². The van der Waals surface area contributed by atoms with E-state index in [2.05, 4.69) is 95.7 Å². The van der Waals surface area contributed by atoms with E-state index in [-0.39, 0.29) is 0 Å². The Labute approximate surface area is 161 Å². The summed E-state index contributed by atoms with van der Waals surface area (Å²) in [5.74, 6) is 0. The Balaban J connectivity index is 1.51. The fourth-order valence-corrected chi connectivity index (χ4v) is 3.63. The number of aryl methyl sites for hydroxylation is 1. The number of hydrogen-bond donors (Lipinski definition) is 0. The van der Waals surface area contributed by atoms with Gasteiger partial charge in [0.1, 0.15) is 0 Å². The van der Waals surface area contributed by atoms with Gasteiger partial charge in [0.15, 0.2) is 0 Å². The zero-order valence-corrected chi connectivity index (χ0v) is 15.8. The molecule has 1 aliphatic heterocycles. The molecule has 4 rings (SSSR count). The van der Waals surface area contributed by atoms with Crippen molar-refractivity contribution in [1.82, 2.24) is 0 Å². The molecule has 0 fully saturated rings. The van der Waals surface area contributed by atoms with Gasteiger partial charge in [0, 0.05) is 24.5 Å². The number of rotatable bonds is 5. The van der Waals surface area contributed by atoms with Crippen LogP contribution in [0, 0.1) is 0 Å². The summed E-state index contributed by atoms with van der Waals surface area (Å²) in [4.78, 5) is 2.31. The lowest BCUT2D eigenvalue weighted by atomic mass is 10.0. The van der Waals surface area contributed by atoms with Crippen molar-refractivity contribution in [3.8, 4) is 0 Å². The first-order valence-corrected chi connectivity index (χ1v) is 9.67. The molecule has 3 heteroatoms. The quantitative estimate of drug-likeness (QED) is 0.552. The van der Waals surface area contributed by atoms with E-state index >= 15 is 0 Å². The molecule has 0 unspecified atom stereocenters. The van der Waals surface area contributed by atoms with Gasteiger partial charge in [-0.2, -0.15) is 5.10 Å². The van der Waals surface area contributed by atoms with Crippen LogP contribution in [0.4, 0.5) is 17.1 Å². The Bertz CT molecular complexity index is 900. The lowest BCUT2D eigenvalue weighted by Gasteiger charge is -2.26. The summed E-state index contributed by atoms with van der Waals surface area (Å²) in [5, 5.41) is 6.86. The van der Waals surface area contributed by atoms with Crippen molar-refractivity contribution in [2.75, 3.05) is 23.0 Å². The molecule has 0 bridgehead atoms. The second kappa shape index (κ2) is 8.09. The van der Waals surface area contributed by atoms with Gasteiger partial charge in [-0.1, -0.05) is 48.5 Å². The van der Waals surface area contributed by atoms with Crippen LogP contribution in [0.25, 0.3) is 0 Å². The molecule has 0 atom stereocenters. The minimum absolute atomic E-state index is 0.933. The summed E-state index contributed by atoms with van der Waals surface area (Å²) in [6.45, 7) is 4.08. The van der Waals surface area contributed by atoms with Crippen molar-refractivity contribution >= 4 is 23.3 Å². The van der Waals surface area contributed by atoms with E-state index < -0.39 is 0 Å². The number of hydrazone groups is 1. The number of nitrogens with zero attached hydrogens (tertiary/aromatic N) is 3. The lowest BCUT2D eigenvalue weighted by molar-refractivity contribution is 0.717. The van der Waals surface area contributed by atoms with Crippen LogP contribution in [0.2, 0.25) is 0 Å². The average molecular weight is 355 g/mol. The molecule has 0 spiro atoms. The largest absolute Gasteiger partial charge is 0.342 e. The van der Waals surface area contributed by atoms with Crippen LogP contribution in [0.1, 0.15) is 24.5 Å². The van der Waals surface area contributed by atoms with Gasteiger partial charge in [-0.05, 0) is 61.2 Å².